The molecule has 0 aliphatic heterocycles. The first-order valence-corrected chi connectivity index (χ1v) is 5.72. The van der Waals surface area contributed by atoms with E-state index in [0.29, 0.717) is 30.4 Å². The third kappa shape index (κ3) is 2.53. The Morgan fingerprint density at radius 2 is 2.39 bits per heavy atom. The van der Waals surface area contributed by atoms with Crippen molar-refractivity contribution in [2.24, 2.45) is 5.41 Å². The van der Waals surface area contributed by atoms with Crippen molar-refractivity contribution in [3.63, 3.8) is 0 Å². The van der Waals surface area contributed by atoms with Crippen LogP contribution >= 0.6 is 0 Å². The highest BCUT2D eigenvalue weighted by Gasteiger charge is 2.26. The van der Waals surface area contributed by atoms with E-state index in [9.17, 15) is 0 Å². The molecule has 0 bridgehead atoms. The van der Waals surface area contributed by atoms with Crippen LogP contribution in [0.3, 0.4) is 0 Å². The summed E-state index contributed by atoms with van der Waals surface area (Å²) in [5, 5.41) is 19.1. The predicted molar refractivity (Wildman–Crippen MR) is 62.0 cm³/mol. The second kappa shape index (κ2) is 4.96. The molecule has 18 heavy (non-hydrogen) atoms. The molecule has 0 aliphatic rings. The predicted octanol–water partition coefficient (Wildman–Crippen LogP) is 1.73. The summed E-state index contributed by atoms with van der Waals surface area (Å²) in [5.41, 5.74) is -0.139. The number of hydrogen-bond donors (Lipinski definition) is 1. The highest BCUT2D eigenvalue weighted by atomic mass is 16.5. The van der Waals surface area contributed by atoms with Crippen LogP contribution in [0.25, 0.3) is 11.6 Å². The number of hydrogen-bond acceptors (Lipinski definition) is 6. The molecule has 1 unspecified atom stereocenters. The van der Waals surface area contributed by atoms with Crippen molar-refractivity contribution < 1.29 is 4.52 Å². The summed E-state index contributed by atoms with van der Waals surface area (Å²) in [7, 11) is 0. The second-order valence-corrected chi connectivity index (χ2v) is 4.52. The SMILES string of the molecule is CCC(C)(CC#N)Cc1nc(-c2ncn[nH]2)no1. The quantitative estimate of drug-likeness (QED) is 0.861. The molecular weight excluding hydrogens is 232 g/mol. The number of aromatic nitrogens is 5. The maximum atomic E-state index is 8.83. The number of H-pyrrole nitrogens is 1. The molecule has 1 N–H and O–H groups in total. The molecule has 2 aromatic heterocycles. The van der Waals surface area contributed by atoms with E-state index in [1.807, 2.05) is 13.8 Å². The fourth-order valence-corrected chi connectivity index (χ4v) is 1.60. The molecule has 2 aromatic rings. The van der Waals surface area contributed by atoms with Gasteiger partial charge in [-0.1, -0.05) is 19.0 Å². The number of aromatic amines is 1. The van der Waals surface area contributed by atoms with Crippen LogP contribution < -0.4 is 0 Å². The molecule has 0 aromatic carbocycles. The first kappa shape index (κ1) is 12.2. The van der Waals surface area contributed by atoms with Crippen LogP contribution in [0.15, 0.2) is 10.9 Å². The summed E-state index contributed by atoms with van der Waals surface area (Å²) in [6.45, 7) is 4.08. The minimum atomic E-state index is -0.139. The average molecular weight is 246 g/mol. The molecule has 0 spiro atoms. The lowest BCUT2D eigenvalue weighted by Crippen LogP contribution is -2.18. The van der Waals surface area contributed by atoms with Gasteiger partial charge < -0.3 is 4.52 Å². The Hall–Kier alpha value is -2.23. The van der Waals surface area contributed by atoms with Crippen molar-refractivity contribution in [3.05, 3.63) is 12.2 Å². The van der Waals surface area contributed by atoms with E-state index < -0.39 is 0 Å². The summed E-state index contributed by atoms with van der Waals surface area (Å²) >= 11 is 0. The van der Waals surface area contributed by atoms with Crippen LogP contribution in [0.1, 0.15) is 32.6 Å². The van der Waals surface area contributed by atoms with Gasteiger partial charge in [0.2, 0.25) is 11.7 Å². The highest BCUT2D eigenvalue weighted by molar-refractivity contribution is 5.39. The molecule has 0 amide bonds. The normalized spacial score (nSPS) is 14.1. The monoisotopic (exact) mass is 246 g/mol. The zero-order chi connectivity index (χ0) is 13.0. The summed E-state index contributed by atoms with van der Waals surface area (Å²) in [5.74, 6) is 1.38. The third-order valence-corrected chi connectivity index (χ3v) is 3.03. The Morgan fingerprint density at radius 1 is 1.56 bits per heavy atom. The molecule has 0 aliphatic carbocycles. The van der Waals surface area contributed by atoms with Crippen molar-refractivity contribution in [3.8, 4) is 17.7 Å². The van der Waals surface area contributed by atoms with E-state index in [2.05, 4.69) is 31.4 Å². The number of nitrogens with zero attached hydrogens (tertiary/aromatic N) is 5. The van der Waals surface area contributed by atoms with Gasteiger partial charge in [0.25, 0.3) is 0 Å². The minimum Gasteiger partial charge on any atom is -0.339 e. The Bertz CT molecular complexity index is 540. The van der Waals surface area contributed by atoms with Gasteiger partial charge in [0.05, 0.1) is 6.07 Å². The van der Waals surface area contributed by atoms with Crippen molar-refractivity contribution in [2.45, 2.75) is 33.1 Å². The Balaban J connectivity index is 2.14. The fourth-order valence-electron chi connectivity index (χ4n) is 1.60. The summed E-state index contributed by atoms with van der Waals surface area (Å²) in [6.07, 6.45) is 3.31. The maximum Gasteiger partial charge on any atom is 0.239 e. The molecule has 0 saturated carbocycles. The van der Waals surface area contributed by atoms with Crippen LogP contribution in [0.2, 0.25) is 0 Å². The van der Waals surface area contributed by atoms with E-state index in [0.717, 1.165) is 6.42 Å². The molecule has 0 fully saturated rings. The Labute approximate surface area is 104 Å². The number of nitrogens with one attached hydrogen (secondary N) is 1. The largest absolute Gasteiger partial charge is 0.339 e. The Morgan fingerprint density at radius 3 is 3.00 bits per heavy atom. The lowest BCUT2D eigenvalue weighted by molar-refractivity contribution is 0.266. The van der Waals surface area contributed by atoms with Crippen molar-refractivity contribution >= 4 is 0 Å². The van der Waals surface area contributed by atoms with Gasteiger partial charge in [-0.25, -0.2) is 4.98 Å². The van der Waals surface area contributed by atoms with E-state index in [1.165, 1.54) is 6.33 Å². The van der Waals surface area contributed by atoms with Gasteiger partial charge in [0, 0.05) is 12.8 Å². The molecule has 94 valence electrons. The van der Waals surface area contributed by atoms with E-state index >= 15 is 0 Å². The number of rotatable bonds is 5. The maximum absolute atomic E-state index is 8.83. The van der Waals surface area contributed by atoms with Gasteiger partial charge in [0.15, 0.2) is 5.82 Å². The molecule has 2 heterocycles. The van der Waals surface area contributed by atoms with Crippen LogP contribution in [0.5, 0.6) is 0 Å². The first-order valence-electron chi connectivity index (χ1n) is 5.72. The topological polar surface area (TPSA) is 104 Å². The lowest BCUT2D eigenvalue weighted by Gasteiger charge is -2.22. The second-order valence-electron chi connectivity index (χ2n) is 4.52. The average Bonchev–Trinajstić information content (AvgIpc) is 2.99. The molecular formula is C11H14N6O. The smallest absolute Gasteiger partial charge is 0.239 e. The fraction of sp³-hybridized carbons (Fsp3) is 0.545. The summed E-state index contributed by atoms with van der Waals surface area (Å²) in [6, 6.07) is 2.20. The molecule has 0 saturated heterocycles. The van der Waals surface area contributed by atoms with E-state index in [-0.39, 0.29) is 5.41 Å². The van der Waals surface area contributed by atoms with Crippen LogP contribution in [0.4, 0.5) is 0 Å². The highest BCUT2D eigenvalue weighted by Crippen LogP contribution is 2.29. The van der Waals surface area contributed by atoms with Crippen molar-refractivity contribution in [2.75, 3.05) is 0 Å². The molecule has 1 atom stereocenters. The molecule has 7 nitrogen and oxygen atoms in total. The lowest BCUT2D eigenvalue weighted by atomic mass is 9.81. The van der Waals surface area contributed by atoms with Gasteiger partial charge in [-0.2, -0.15) is 15.3 Å². The molecule has 2 rings (SSSR count). The van der Waals surface area contributed by atoms with Gasteiger partial charge >= 0.3 is 0 Å². The van der Waals surface area contributed by atoms with E-state index in [4.69, 9.17) is 9.78 Å². The molecule has 7 heteroatoms. The van der Waals surface area contributed by atoms with E-state index in [1.54, 1.807) is 0 Å². The third-order valence-electron chi connectivity index (χ3n) is 3.03. The zero-order valence-corrected chi connectivity index (χ0v) is 10.3. The van der Waals surface area contributed by atoms with Crippen molar-refractivity contribution in [1.82, 2.24) is 25.3 Å². The van der Waals surface area contributed by atoms with Crippen LogP contribution in [0, 0.1) is 16.7 Å². The standard InChI is InChI=1S/C11H14N6O/c1-3-11(2,4-5-12)6-8-15-10(17-18-8)9-13-7-14-16-9/h7H,3-4,6H2,1-2H3,(H,13,14,16). The van der Waals surface area contributed by atoms with Gasteiger partial charge in [-0.3, -0.25) is 5.10 Å². The Kier molecular flexibility index (Phi) is 3.37. The molecule has 0 radical (unpaired) electrons. The van der Waals surface area contributed by atoms with Gasteiger partial charge in [-0.05, 0) is 11.8 Å². The van der Waals surface area contributed by atoms with Gasteiger partial charge in [-0.15, -0.1) is 0 Å². The van der Waals surface area contributed by atoms with Gasteiger partial charge in [0.1, 0.15) is 6.33 Å². The van der Waals surface area contributed by atoms with Crippen molar-refractivity contribution in [1.29, 1.82) is 5.26 Å². The van der Waals surface area contributed by atoms with Crippen LogP contribution in [-0.2, 0) is 6.42 Å². The first-order chi connectivity index (χ1) is 8.67. The minimum absolute atomic E-state index is 0.139. The zero-order valence-electron chi connectivity index (χ0n) is 10.3. The summed E-state index contributed by atoms with van der Waals surface area (Å²) < 4.78 is 5.17. The van der Waals surface area contributed by atoms with Crippen LogP contribution in [-0.4, -0.2) is 25.3 Å². The number of nitriles is 1. The summed E-state index contributed by atoms with van der Waals surface area (Å²) in [4.78, 5) is 8.20.